The van der Waals surface area contributed by atoms with Crippen LogP contribution in [0.2, 0.25) is 0 Å². The van der Waals surface area contributed by atoms with Gasteiger partial charge in [-0.05, 0) is 64.5 Å². The Labute approximate surface area is 170 Å². The lowest BCUT2D eigenvalue weighted by Crippen LogP contribution is -2.34. The smallest absolute Gasteiger partial charge is 0.257 e. The fraction of sp³-hybridized carbons (Fsp3) is 0.167. The van der Waals surface area contributed by atoms with Crippen LogP contribution in [0.4, 0.5) is 5.69 Å². The number of carbonyl (C=O) groups is 2. The van der Waals surface area contributed by atoms with Crippen LogP contribution >= 0.6 is 28.1 Å². The van der Waals surface area contributed by atoms with Gasteiger partial charge < -0.3 is 20.5 Å². The minimum absolute atomic E-state index is 0.0955. The van der Waals surface area contributed by atoms with E-state index in [4.69, 9.17) is 27.4 Å². The molecule has 0 aromatic heterocycles. The lowest BCUT2D eigenvalue weighted by atomic mass is 10.2. The largest absolute Gasteiger partial charge is 0.490 e. The second-order valence-corrected chi connectivity index (χ2v) is 6.60. The summed E-state index contributed by atoms with van der Waals surface area (Å²) in [7, 11) is 1.59. The van der Waals surface area contributed by atoms with Crippen LogP contribution in [0, 0.1) is 0 Å². The molecular weight excluding hydrogens is 434 g/mol. The topological polar surface area (TPSA) is 103 Å². The zero-order chi connectivity index (χ0) is 19.8. The number of hydrogen-bond acceptors (Lipinski definition) is 5. The number of ether oxygens (including phenoxy) is 2. The Morgan fingerprint density at radius 1 is 1.15 bits per heavy atom. The molecule has 0 bridgehead atoms. The normalized spacial score (nSPS) is 10.1. The summed E-state index contributed by atoms with van der Waals surface area (Å²) < 4.78 is 11.1. The summed E-state index contributed by atoms with van der Waals surface area (Å²) in [6.45, 7) is 0.866. The average Bonchev–Trinajstić information content (AvgIpc) is 2.63. The first-order chi connectivity index (χ1) is 12.9. The molecule has 0 fully saturated rings. The van der Waals surface area contributed by atoms with Crippen molar-refractivity contribution in [3.8, 4) is 5.75 Å². The Kier molecular flexibility index (Phi) is 7.71. The molecular formula is C18H18BrN3O4S. The highest BCUT2D eigenvalue weighted by molar-refractivity contribution is 9.10. The van der Waals surface area contributed by atoms with Crippen molar-refractivity contribution in [2.45, 2.75) is 0 Å². The van der Waals surface area contributed by atoms with E-state index in [0.717, 1.165) is 0 Å². The average molecular weight is 452 g/mol. The molecule has 9 heteroatoms. The molecule has 7 nitrogen and oxygen atoms in total. The van der Waals surface area contributed by atoms with E-state index in [2.05, 4.69) is 26.6 Å². The number of nitrogens with two attached hydrogens (primary N) is 1. The number of primary amides is 1. The summed E-state index contributed by atoms with van der Waals surface area (Å²) in [5, 5.41) is 5.51. The molecule has 2 rings (SSSR count). The van der Waals surface area contributed by atoms with Crippen LogP contribution in [0.5, 0.6) is 5.75 Å². The zero-order valence-electron chi connectivity index (χ0n) is 14.5. The first kappa shape index (κ1) is 20.8. The van der Waals surface area contributed by atoms with Crippen molar-refractivity contribution in [1.82, 2.24) is 5.32 Å². The standard InChI is InChI=1S/C18H18BrN3O4S/c1-25-7-8-26-15-6-5-12(10-14(15)19)17(24)22-18(27)21-13-4-2-3-11(9-13)16(20)23/h2-6,9-10H,7-8H2,1H3,(H2,20,23)(H2,21,22,24,27). The Morgan fingerprint density at radius 3 is 2.59 bits per heavy atom. The van der Waals surface area contributed by atoms with Crippen LogP contribution in [0.15, 0.2) is 46.9 Å². The maximum Gasteiger partial charge on any atom is 0.257 e. The van der Waals surface area contributed by atoms with Crippen LogP contribution < -0.4 is 21.1 Å². The number of thiocarbonyl (C=S) groups is 1. The van der Waals surface area contributed by atoms with Gasteiger partial charge in [-0.3, -0.25) is 14.9 Å². The number of carbonyl (C=O) groups excluding carboxylic acids is 2. The molecule has 27 heavy (non-hydrogen) atoms. The van der Waals surface area contributed by atoms with Crippen LogP contribution in [-0.4, -0.2) is 37.3 Å². The van der Waals surface area contributed by atoms with E-state index in [1.807, 2.05) is 0 Å². The number of anilines is 1. The van der Waals surface area contributed by atoms with Gasteiger partial charge in [0, 0.05) is 23.9 Å². The molecule has 0 saturated heterocycles. The molecule has 4 N–H and O–H groups in total. The van der Waals surface area contributed by atoms with Gasteiger partial charge in [0.1, 0.15) is 12.4 Å². The number of hydrogen-bond donors (Lipinski definition) is 3. The van der Waals surface area contributed by atoms with Crippen molar-refractivity contribution in [2.75, 3.05) is 25.6 Å². The molecule has 0 aliphatic rings. The Morgan fingerprint density at radius 2 is 1.93 bits per heavy atom. The highest BCUT2D eigenvalue weighted by Gasteiger charge is 2.11. The third-order valence-corrected chi connectivity index (χ3v) is 4.19. The number of rotatable bonds is 7. The van der Waals surface area contributed by atoms with Crippen molar-refractivity contribution in [1.29, 1.82) is 0 Å². The van der Waals surface area contributed by atoms with Crippen molar-refractivity contribution in [2.24, 2.45) is 5.73 Å². The predicted molar refractivity (Wildman–Crippen MR) is 110 cm³/mol. The van der Waals surface area contributed by atoms with Gasteiger partial charge in [0.05, 0.1) is 11.1 Å². The van der Waals surface area contributed by atoms with Gasteiger partial charge in [0.15, 0.2) is 5.11 Å². The first-order valence-corrected chi connectivity index (χ1v) is 9.04. The molecule has 2 amide bonds. The van der Waals surface area contributed by atoms with Gasteiger partial charge in [0.25, 0.3) is 5.91 Å². The molecule has 0 atom stereocenters. The van der Waals surface area contributed by atoms with E-state index >= 15 is 0 Å². The molecule has 2 aromatic rings. The van der Waals surface area contributed by atoms with Gasteiger partial charge in [-0.1, -0.05) is 6.07 Å². The first-order valence-electron chi connectivity index (χ1n) is 7.84. The Bertz CT molecular complexity index is 860. The molecule has 0 heterocycles. The molecule has 0 spiro atoms. The summed E-state index contributed by atoms with van der Waals surface area (Å²) in [6, 6.07) is 11.4. The number of halogens is 1. The molecule has 0 aliphatic heterocycles. The molecule has 0 aliphatic carbocycles. The molecule has 0 unspecified atom stereocenters. The van der Waals surface area contributed by atoms with Crippen molar-refractivity contribution in [3.05, 3.63) is 58.1 Å². The van der Waals surface area contributed by atoms with Gasteiger partial charge >= 0.3 is 0 Å². The highest BCUT2D eigenvalue weighted by Crippen LogP contribution is 2.26. The Hall–Kier alpha value is -2.49. The second kappa shape index (κ2) is 10.0. The van der Waals surface area contributed by atoms with Crippen LogP contribution in [-0.2, 0) is 4.74 Å². The van der Waals surface area contributed by atoms with E-state index in [0.29, 0.717) is 40.3 Å². The summed E-state index contributed by atoms with van der Waals surface area (Å²) in [6.07, 6.45) is 0. The van der Waals surface area contributed by atoms with Gasteiger partial charge in [0.2, 0.25) is 5.91 Å². The van der Waals surface area contributed by atoms with E-state index < -0.39 is 5.91 Å². The van der Waals surface area contributed by atoms with E-state index in [1.54, 1.807) is 49.6 Å². The number of methoxy groups -OCH3 is 1. The van der Waals surface area contributed by atoms with Gasteiger partial charge in [-0.15, -0.1) is 0 Å². The monoisotopic (exact) mass is 451 g/mol. The highest BCUT2D eigenvalue weighted by atomic mass is 79.9. The quantitative estimate of drug-likeness (QED) is 0.441. The van der Waals surface area contributed by atoms with E-state index in [1.165, 1.54) is 0 Å². The SMILES string of the molecule is COCCOc1ccc(C(=O)NC(=S)Nc2cccc(C(N)=O)c2)cc1Br. The minimum atomic E-state index is -0.550. The molecule has 2 aromatic carbocycles. The van der Waals surface area contributed by atoms with E-state index in [-0.39, 0.29) is 11.0 Å². The maximum absolute atomic E-state index is 12.3. The zero-order valence-corrected chi connectivity index (χ0v) is 16.9. The second-order valence-electron chi connectivity index (χ2n) is 5.34. The lowest BCUT2D eigenvalue weighted by Gasteiger charge is -2.12. The minimum Gasteiger partial charge on any atom is -0.490 e. The van der Waals surface area contributed by atoms with Crippen molar-refractivity contribution >= 4 is 50.8 Å². The summed E-state index contributed by atoms with van der Waals surface area (Å²) in [5.41, 5.74) is 6.52. The predicted octanol–water partition coefficient (Wildman–Crippen LogP) is 2.70. The van der Waals surface area contributed by atoms with Crippen LogP contribution in [0.1, 0.15) is 20.7 Å². The fourth-order valence-corrected chi connectivity index (χ4v) is 2.79. The lowest BCUT2D eigenvalue weighted by molar-refractivity contribution is 0.0974. The maximum atomic E-state index is 12.3. The Balaban J connectivity index is 1.98. The van der Waals surface area contributed by atoms with E-state index in [9.17, 15) is 9.59 Å². The summed E-state index contributed by atoms with van der Waals surface area (Å²) in [5.74, 6) is -0.332. The van der Waals surface area contributed by atoms with Gasteiger partial charge in [-0.25, -0.2) is 0 Å². The van der Waals surface area contributed by atoms with Crippen molar-refractivity contribution < 1.29 is 19.1 Å². The fourth-order valence-electron chi connectivity index (χ4n) is 2.08. The molecule has 142 valence electrons. The summed E-state index contributed by atoms with van der Waals surface area (Å²) >= 11 is 8.51. The number of nitrogens with one attached hydrogen (secondary N) is 2. The van der Waals surface area contributed by atoms with Crippen molar-refractivity contribution in [3.63, 3.8) is 0 Å². The number of amides is 2. The third-order valence-electron chi connectivity index (χ3n) is 3.37. The van der Waals surface area contributed by atoms with Crippen LogP contribution in [0.3, 0.4) is 0 Å². The molecule has 0 radical (unpaired) electrons. The third kappa shape index (κ3) is 6.31. The van der Waals surface area contributed by atoms with Gasteiger partial charge in [-0.2, -0.15) is 0 Å². The summed E-state index contributed by atoms with van der Waals surface area (Å²) in [4.78, 5) is 23.6. The van der Waals surface area contributed by atoms with Crippen LogP contribution in [0.25, 0.3) is 0 Å². The molecule has 0 saturated carbocycles. The number of benzene rings is 2.